The van der Waals surface area contributed by atoms with E-state index >= 15 is 0 Å². The van der Waals surface area contributed by atoms with Gasteiger partial charge in [0, 0.05) is 17.0 Å². The third-order valence-electron chi connectivity index (χ3n) is 7.49. The van der Waals surface area contributed by atoms with Gasteiger partial charge in [0.25, 0.3) is 0 Å². The molecule has 6 aromatic rings. The minimum Gasteiger partial charge on any atom is -0.316 e. The highest BCUT2D eigenvalue weighted by Crippen LogP contribution is 2.47. The molecule has 0 aliphatic heterocycles. The number of benzene rings is 4. The molecule has 0 saturated heterocycles. The number of fused-ring (bicyclic) bond motifs is 14. The van der Waals surface area contributed by atoms with Gasteiger partial charge in [-0.1, -0.05) is 66.7 Å². The Balaban J connectivity index is 1.57. The van der Waals surface area contributed by atoms with Crippen molar-refractivity contribution in [1.82, 2.24) is 4.40 Å². The molecule has 1 heteroatoms. The van der Waals surface area contributed by atoms with Crippen LogP contribution < -0.4 is 0 Å². The highest BCUT2D eigenvalue weighted by molar-refractivity contribution is 6.18. The Morgan fingerprint density at radius 3 is 1.74 bits per heavy atom. The van der Waals surface area contributed by atoms with Crippen LogP contribution in [0, 0.1) is 0 Å². The van der Waals surface area contributed by atoms with E-state index in [9.17, 15) is 0 Å². The Bertz CT molecular complexity index is 1730. The van der Waals surface area contributed by atoms with E-state index in [4.69, 9.17) is 0 Å². The average molecular weight is 393 g/mol. The summed E-state index contributed by atoms with van der Waals surface area (Å²) in [5.74, 6) is 0. The van der Waals surface area contributed by atoms with Gasteiger partial charge in [0.05, 0.1) is 11.0 Å². The zero-order valence-corrected chi connectivity index (χ0v) is 17.0. The van der Waals surface area contributed by atoms with Crippen LogP contribution in [-0.2, 0) is 12.8 Å². The summed E-state index contributed by atoms with van der Waals surface area (Å²) >= 11 is 0. The van der Waals surface area contributed by atoms with E-state index in [1.165, 1.54) is 71.7 Å². The maximum absolute atomic E-state index is 2.41. The van der Waals surface area contributed by atoms with Crippen molar-refractivity contribution in [3.05, 3.63) is 113 Å². The van der Waals surface area contributed by atoms with Crippen molar-refractivity contribution in [2.75, 3.05) is 0 Å². The molecule has 0 amide bonds. The van der Waals surface area contributed by atoms with E-state index in [1.807, 2.05) is 0 Å². The number of hydrogen-bond acceptors (Lipinski definition) is 0. The molecule has 144 valence electrons. The topological polar surface area (TPSA) is 4.41 Å². The molecule has 0 saturated carbocycles. The number of rotatable bonds is 0. The van der Waals surface area contributed by atoms with Crippen LogP contribution in [0.2, 0.25) is 0 Å². The first-order chi connectivity index (χ1) is 15.4. The molecule has 1 nitrogen and oxygen atoms in total. The number of aromatic nitrogens is 1. The van der Waals surface area contributed by atoms with Crippen molar-refractivity contribution in [2.45, 2.75) is 12.8 Å². The molecule has 2 aliphatic rings. The molecule has 4 aromatic carbocycles. The van der Waals surface area contributed by atoms with Gasteiger partial charge in [-0.15, -0.1) is 0 Å². The smallest absolute Gasteiger partial charge is 0.0538 e. The molecule has 0 N–H and O–H groups in total. The molecule has 0 fully saturated rings. The van der Waals surface area contributed by atoms with Crippen LogP contribution in [0.4, 0.5) is 0 Å². The van der Waals surface area contributed by atoms with Crippen molar-refractivity contribution in [2.24, 2.45) is 0 Å². The van der Waals surface area contributed by atoms with Crippen LogP contribution in [0.25, 0.3) is 49.4 Å². The number of pyridine rings is 1. The van der Waals surface area contributed by atoms with Crippen LogP contribution in [0.5, 0.6) is 0 Å². The quantitative estimate of drug-likeness (QED) is 0.237. The summed E-state index contributed by atoms with van der Waals surface area (Å²) in [6.45, 7) is 0. The van der Waals surface area contributed by atoms with Crippen molar-refractivity contribution in [3.8, 4) is 22.3 Å². The molecule has 0 unspecified atom stereocenters. The Morgan fingerprint density at radius 2 is 1.06 bits per heavy atom. The fourth-order valence-corrected chi connectivity index (χ4v) is 6.21. The van der Waals surface area contributed by atoms with Crippen molar-refractivity contribution >= 4 is 27.2 Å². The second kappa shape index (κ2) is 5.44. The highest BCUT2D eigenvalue weighted by atomic mass is 14.9. The van der Waals surface area contributed by atoms with Gasteiger partial charge in [-0.25, -0.2) is 0 Å². The molecule has 2 aliphatic carbocycles. The minimum absolute atomic E-state index is 1.02. The third-order valence-corrected chi connectivity index (χ3v) is 7.49. The van der Waals surface area contributed by atoms with E-state index in [2.05, 4.69) is 95.5 Å². The van der Waals surface area contributed by atoms with Gasteiger partial charge in [0.1, 0.15) is 0 Å². The van der Waals surface area contributed by atoms with Gasteiger partial charge in [0.2, 0.25) is 0 Å². The average Bonchev–Trinajstić information content (AvgIpc) is 3.53. The maximum atomic E-state index is 2.41. The van der Waals surface area contributed by atoms with E-state index in [0.29, 0.717) is 0 Å². The molecule has 8 rings (SSSR count). The predicted octanol–water partition coefficient (Wildman–Crippen LogP) is 7.39. The number of hydrogen-bond donors (Lipinski definition) is 0. The maximum Gasteiger partial charge on any atom is 0.0538 e. The summed E-state index contributed by atoms with van der Waals surface area (Å²) in [6, 6.07) is 31.7. The normalized spacial score (nSPS) is 13.5. The zero-order chi connectivity index (χ0) is 20.1. The lowest BCUT2D eigenvalue weighted by Crippen LogP contribution is -1.96. The van der Waals surface area contributed by atoms with Crippen LogP contribution in [0.3, 0.4) is 0 Å². The first-order valence-electron chi connectivity index (χ1n) is 11.1. The largest absolute Gasteiger partial charge is 0.316 e. The molecule has 0 atom stereocenters. The van der Waals surface area contributed by atoms with Gasteiger partial charge in [-0.05, 0) is 80.9 Å². The second-order valence-electron chi connectivity index (χ2n) is 8.93. The second-order valence-corrected chi connectivity index (χ2v) is 8.93. The lowest BCUT2D eigenvalue weighted by atomic mass is 9.92. The van der Waals surface area contributed by atoms with Crippen molar-refractivity contribution < 1.29 is 0 Å². The molecule has 2 heterocycles. The van der Waals surface area contributed by atoms with Crippen LogP contribution in [0.15, 0.2) is 91.1 Å². The SMILES string of the molecule is c1ccc2c(c1)Cc1c-2ccc2c1c1cccn1c1ccc3c(c21)Cc1ccccc1-3. The first-order valence-corrected chi connectivity index (χ1v) is 11.1. The molecular weight excluding hydrogens is 374 g/mol. The van der Waals surface area contributed by atoms with Crippen LogP contribution >= 0.6 is 0 Å². The van der Waals surface area contributed by atoms with Gasteiger partial charge in [-0.2, -0.15) is 0 Å². The Morgan fingerprint density at radius 1 is 0.484 bits per heavy atom. The first kappa shape index (κ1) is 15.9. The van der Waals surface area contributed by atoms with Crippen molar-refractivity contribution in [3.63, 3.8) is 0 Å². The summed E-state index contributed by atoms with van der Waals surface area (Å²) < 4.78 is 2.41. The summed E-state index contributed by atoms with van der Waals surface area (Å²) in [6.07, 6.45) is 4.26. The molecule has 0 spiro atoms. The molecule has 2 aromatic heterocycles. The highest BCUT2D eigenvalue weighted by Gasteiger charge is 2.26. The monoisotopic (exact) mass is 393 g/mol. The fourth-order valence-electron chi connectivity index (χ4n) is 6.21. The van der Waals surface area contributed by atoms with Gasteiger partial charge < -0.3 is 4.40 Å². The minimum atomic E-state index is 1.02. The van der Waals surface area contributed by atoms with Crippen LogP contribution in [0.1, 0.15) is 22.3 Å². The third kappa shape index (κ3) is 1.88. The summed E-state index contributed by atoms with van der Waals surface area (Å²) in [5.41, 5.74) is 14.1. The fraction of sp³-hybridized carbons (Fsp3) is 0.0667. The predicted molar refractivity (Wildman–Crippen MR) is 129 cm³/mol. The number of nitrogens with zero attached hydrogens (tertiary/aromatic N) is 1. The summed E-state index contributed by atoms with van der Waals surface area (Å²) in [5, 5.41) is 4.25. The van der Waals surface area contributed by atoms with Crippen LogP contribution in [-0.4, -0.2) is 4.40 Å². The van der Waals surface area contributed by atoms with Gasteiger partial charge in [0.15, 0.2) is 0 Å². The van der Waals surface area contributed by atoms with E-state index in [1.54, 1.807) is 0 Å². The van der Waals surface area contributed by atoms with Crippen molar-refractivity contribution in [1.29, 1.82) is 0 Å². The molecule has 31 heavy (non-hydrogen) atoms. The van der Waals surface area contributed by atoms with E-state index in [0.717, 1.165) is 12.8 Å². The summed E-state index contributed by atoms with van der Waals surface area (Å²) in [7, 11) is 0. The van der Waals surface area contributed by atoms with E-state index < -0.39 is 0 Å². The standard InChI is InChI=1S/C30H19N/c1-3-8-20-18(6-1)16-25-22(20)11-12-24-29(25)27-10-5-15-31(27)28-14-13-23-21-9-4-2-7-19(21)17-26(23)30(24)28/h1-15H,16-17H2. The Hall–Kier alpha value is -3.84. The van der Waals surface area contributed by atoms with E-state index in [-0.39, 0.29) is 0 Å². The van der Waals surface area contributed by atoms with Gasteiger partial charge >= 0.3 is 0 Å². The Kier molecular flexibility index (Phi) is 2.80. The molecule has 0 radical (unpaired) electrons. The molecular formula is C30H19N. The Labute approximate surface area is 180 Å². The molecule has 0 bridgehead atoms. The van der Waals surface area contributed by atoms with Gasteiger partial charge in [-0.3, -0.25) is 0 Å². The lowest BCUT2D eigenvalue weighted by Gasteiger charge is -2.16. The summed E-state index contributed by atoms with van der Waals surface area (Å²) in [4.78, 5) is 0. The zero-order valence-electron chi connectivity index (χ0n) is 17.0. The lowest BCUT2D eigenvalue weighted by molar-refractivity contribution is 1.25.